The van der Waals surface area contributed by atoms with Crippen molar-refractivity contribution in [3.05, 3.63) is 95.6 Å². The van der Waals surface area contributed by atoms with Crippen LogP contribution in [0.25, 0.3) is 5.76 Å². The Morgan fingerprint density at radius 3 is 2.12 bits per heavy atom. The summed E-state index contributed by atoms with van der Waals surface area (Å²) in [6, 6.07) is 22.0. The van der Waals surface area contributed by atoms with Crippen molar-refractivity contribution >= 4 is 23.1 Å². The minimum atomic E-state index is -0.793. The van der Waals surface area contributed by atoms with Crippen molar-refractivity contribution in [2.45, 2.75) is 13.0 Å². The van der Waals surface area contributed by atoms with Gasteiger partial charge in [0.15, 0.2) is 0 Å². The number of hydrogen-bond acceptors (Lipinski definition) is 5. The smallest absolute Gasteiger partial charge is 0.300 e. The molecular formula is C26H23NO5. The van der Waals surface area contributed by atoms with E-state index < -0.39 is 17.7 Å². The van der Waals surface area contributed by atoms with E-state index in [0.29, 0.717) is 34.9 Å². The number of amides is 1. The molecule has 0 bridgehead atoms. The number of aliphatic hydroxyl groups excluding tert-OH is 1. The normalized spacial score (nSPS) is 17.4. The molecule has 0 aromatic heterocycles. The lowest BCUT2D eigenvalue weighted by molar-refractivity contribution is -0.132. The number of carbonyl (C=O) groups excluding carboxylic acids is 2. The van der Waals surface area contributed by atoms with Crippen molar-refractivity contribution in [2.24, 2.45) is 0 Å². The predicted molar refractivity (Wildman–Crippen MR) is 122 cm³/mol. The van der Waals surface area contributed by atoms with Gasteiger partial charge in [0.05, 0.1) is 25.3 Å². The second kappa shape index (κ2) is 8.98. The third-order valence-electron chi connectivity index (χ3n) is 5.35. The molecule has 4 rings (SSSR count). The topological polar surface area (TPSA) is 76.1 Å². The molecule has 1 unspecified atom stereocenters. The zero-order chi connectivity index (χ0) is 22.7. The van der Waals surface area contributed by atoms with Gasteiger partial charge < -0.3 is 14.6 Å². The van der Waals surface area contributed by atoms with Crippen LogP contribution in [-0.4, -0.2) is 30.5 Å². The van der Waals surface area contributed by atoms with Crippen LogP contribution in [0.3, 0.4) is 0 Å². The maximum absolute atomic E-state index is 13.1. The van der Waals surface area contributed by atoms with E-state index in [2.05, 4.69) is 0 Å². The van der Waals surface area contributed by atoms with E-state index in [-0.39, 0.29) is 11.3 Å². The number of carbonyl (C=O) groups is 2. The van der Waals surface area contributed by atoms with Gasteiger partial charge in [-0.2, -0.15) is 0 Å². The Kier molecular flexibility index (Phi) is 5.94. The van der Waals surface area contributed by atoms with E-state index in [1.54, 1.807) is 79.9 Å². The largest absolute Gasteiger partial charge is 0.507 e. The van der Waals surface area contributed by atoms with E-state index in [9.17, 15) is 14.7 Å². The van der Waals surface area contributed by atoms with E-state index in [0.717, 1.165) is 0 Å². The van der Waals surface area contributed by atoms with Crippen molar-refractivity contribution < 1.29 is 24.2 Å². The quantitative estimate of drug-likeness (QED) is 0.349. The second-order valence-corrected chi connectivity index (χ2v) is 7.24. The molecule has 0 spiro atoms. The summed E-state index contributed by atoms with van der Waals surface area (Å²) in [5.41, 5.74) is 1.72. The predicted octanol–water partition coefficient (Wildman–Crippen LogP) is 4.72. The summed E-state index contributed by atoms with van der Waals surface area (Å²) in [6.07, 6.45) is 0. The third-order valence-corrected chi connectivity index (χ3v) is 5.35. The molecule has 1 N–H and O–H groups in total. The summed E-state index contributed by atoms with van der Waals surface area (Å²) in [6.45, 7) is 2.41. The summed E-state index contributed by atoms with van der Waals surface area (Å²) < 4.78 is 10.7. The zero-order valence-corrected chi connectivity index (χ0v) is 17.8. The van der Waals surface area contributed by atoms with Crippen molar-refractivity contribution in [1.29, 1.82) is 0 Å². The van der Waals surface area contributed by atoms with Crippen LogP contribution in [0.15, 0.2) is 84.4 Å². The molecule has 6 nitrogen and oxygen atoms in total. The number of rotatable bonds is 6. The number of aliphatic hydroxyl groups is 1. The van der Waals surface area contributed by atoms with Gasteiger partial charge in [-0.25, -0.2) is 0 Å². The number of Topliss-reactive ketones (excluding diaryl/α,β-unsaturated/α-hetero) is 1. The van der Waals surface area contributed by atoms with Gasteiger partial charge in [0.25, 0.3) is 11.7 Å². The first-order chi connectivity index (χ1) is 15.5. The Morgan fingerprint density at radius 1 is 0.906 bits per heavy atom. The standard InChI is InChI=1S/C26H23NO5/c1-3-32-21-15-11-19(12-16-21)27-23(17-9-13-20(31-2)14-10-17)22(25(29)26(27)30)24(28)18-7-5-4-6-8-18/h4-16,23,28H,3H2,1-2H3. The van der Waals surface area contributed by atoms with E-state index in [1.165, 1.54) is 4.90 Å². The van der Waals surface area contributed by atoms with Crippen molar-refractivity contribution in [2.75, 3.05) is 18.6 Å². The van der Waals surface area contributed by atoms with Crippen LogP contribution in [0.1, 0.15) is 24.1 Å². The molecule has 1 aliphatic heterocycles. The first-order valence-electron chi connectivity index (χ1n) is 10.3. The molecule has 3 aromatic carbocycles. The number of benzene rings is 3. The van der Waals surface area contributed by atoms with Gasteiger partial charge in [-0.1, -0.05) is 42.5 Å². The van der Waals surface area contributed by atoms with Crippen LogP contribution in [0.4, 0.5) is 5.69 Å². The van der Waals surface area contributed by atoms with Gasteiger partial charge >= 0.3 is 0 Å². The number of ether oxygens (including phenoxy) is 2. The molecule has 3 aromatic rings. The molecule has 1 aliphatic rings. The maximum Gasteiger partial charge on any atom is 0.300 e. The van der Waals surface area contributed by atoms with Crippen LogP contribution < -0.4 is 14.4 Å². The highest BCUT2D eigenvalue weighted by atomic mass is 16.5. The fraction of sp³-hybridized carbons (Fsp3) is 0.154. The maximum atomic E-state index is 13.1. The molecule has 1 fully saturated rings. The fourth-order valence-electron chi connectivity index (χ4n) is 3.82. The number of hydrogen-bond donors (Lipinski definition) is 1. The molecular weight excluding hydrogens is 406 g/mol. The third kappa shape index (κ3) is 3.83. The first-order valence-corrected chi connectivity index (χ1v) is 10.3. The highest BCUT2D eigenvalue weighted by Crippen LogP contribution is 2.42. The van der Waals surface area contributed by atoms with Gasteiger partial charge in [-0.05, 0) is 48.9 Å². The van der Waals surface area contributed by atoms with Crippen molar-refractivity contribution in [3.63, 3.8) is 0 Å². The Balaban J connectivity index is 1.87. The Hall–Kier alpha value is -4.06. The molecule has 32 heavy (non-hydrogen) atoms. The van der Waals surface area contributed by atoms with Crippen molar-refractivity contribution in [1.82, 2.24) is 0 Å². The minimum absolute atomic E-state index is 0.0419. The van der Waals surface area contributed by atoms with Crippen LogP contribution in [0.2, 0.25) is 0 Å². The lowest BCUT2D eigenvalue weighted by Crippen LogP contribution is -2.29. The molecule has 1 atom stereocenters. The average Bonchev–Trinajstić information content (AvgIpc) is 3.10. The highest BCUT2D eigenvalue weighted by molar-refractivity contribution is 6.51. The van der Waals surface area contributed by atoms with Gasteiger partial charge in [0.1, 0.15) is 17.3 Å². The molecule has 0 radical (unpaired) electrons. The first kappa shape index (κ1) is 21.2. The Bertz CT molecular complexity index is 1150. The molecule has 1 heterocycles. The zero-order valence-electron chi connectivity index (χ0n) is 17.8. The summed E-state index contributed by atoms with van der Waals surface area (Å²) in [7, 11) is 1.57. The summed E-state index contributed by atoms with van der Waals surface area (Å²) in [5, 5.41) is 11.1. The van der Waals surface area contributed by atoms with E-state index in [4.69, 9.17) is 9.47 Å². The molecule has 1 saturated heterocycles. The lowest BCUT2D eigenvalue weighted by atomic mass is 9.95. The highest BCUT2D eigenvalue weighted by Gasteiger charge is 2.46. The number of anilines is 1. The SMILES string of the molecule is CCOc1ccc(N2C(=O)C(=O)C(=C(O)c3ccccc3)C2c2ccc(OC)cc2)cc1. The minimum Gasteiger partial charge on any atom is -0.507 e. The van der Waals surface area contributed by atoms with Crippen LogP contribution in [0.5, 0.6) is 11.5 Å². The monoisotopic (exact) mass is 429 g/mol. The lowest BCUT2D eigenvalue weighted by Gasteiger charge is -2.25. The van der Waals surface area contributed by atoms with Gasteiger partial charge in [0.2, 0.25) is 0 Å². The summed E-state index contributed by atoms with van der Waals surface area (Å²) >= 11 is 0. The Labute approximate surface area is 186 Å². The molecule has 1 amide bonds. The summed E-state index contributed by atoms with van der Waals surface area (Å²) in [5.74, 6) is -0.334. The second-order valence-electron chi connectivity index (χ2n) is 7.24. The van der Waals surface area contributed by atoms with Crippen molar-refractivity contribution in [3.8, 4) is 11.5 Å². The molecule has 0 aliphatic carbocycles. The Morgan fingerprint density at radius 2 is 1.53 bits per heavy atom. The van der Waals surface area contributed by atoms with Crippen LogP contribution in [0, 0.1) is 0 Å². The average molecular weight is 429 g/mol. The molecule has 6 heteroatoms. The van der Waals surface area contributed by atoms with E-state index >= 15 is 0 Å². The van der Waals surface area contributed by atoms with Crippen LogP contribution >= 0.6 is 0 Å². The fourth-order valence-corrected chi connectivity index (χ4v) is 3.82. The molecule has 0 saturated carbocycles. The number of methoxy groups -OCH3 is 1. The number of nitrogens with zero attached hydrogens (tertiary/aromatic N) is 1. The van der Waals surface area contributed by atoms with E-state index in [1.807, 2.05) is 13.0 Å². The number of ketones is 1. The van der Waals surface area contributed by atoms with Gasteiger partial charge in [-0.3, -0.25) is 14.5 Å². The van der Waals surface area contributed by atoms with Gasteiger partial charge in [-0.15, -0.1) is 0 Å². The molecule has 162 valence electrons. The van der Waals surface area contributed by atoms with Gasteiger partial charge in [0, 0.05) is 11.3 Å². The summed E-state index contributed by atoms with van der Waals surface area (Å²) in [4.78, 5) is 27.7. The van der Waals surface area contributed by atoms with Crippen LogP contribution in [-0.2, 0) is 9.59 Å².